The summed E-state index contributed by atoms with van der Waals surface area (Å²) in [6, 6.07) is 2.09. The lowest BCUT2D eigenvalue weighted by Gasteiger charge is -2.34. The fraction of sp³-hybridized carbons (Fsp3) is 0.733. The minimum atomic E-state index is -0.675. The molecule has 0 saturated carbocycles. The van der Waals surface area contributed by atoms with E-state index in [1.165, 1.54) is 0 Å². The van der Waals surface area contributed by atoms with Gasteiger partial charge in [-0.25, -0.2) is 0 Å². The lowest BCUT2D eigenvalue weighted by atomic mass is 9.90. The largest absolute Gasteiger partial charge is 0.480 e. The Kier molecular flexibility index (Phi) is 4.48. The highest BCUT2D eigenvalue weighted by molar-refractivity contribution is 5.79. The van der Waals surface area contributed by atoms with Gasteiger partial charge >= 0.3 is 5.97 Å². The van der Waals surface area contributed by atoms with Crippen LogP contribution in [0.4, 0.5) is 0 Å². The van der Waals surface area contributed by atoms with Crippen molar-refractivity contribution in [3.63, 3.8) is 0 Å². The maximum absolute atomic E-state index is 11.8. The first-order valence-corrected chi connectivity index (χ1v) is 7.53. The zero-order valence-corrected chi connectivity index (χ0v) is 12.7. The molecule has 1 saturated heterocycles. The third kappa shape index (κ3) is 2.59. The molecule has 2 heterocycles. The first kappa shape index (κ1) is 15.0. The van der Waals surface area contributed by atoms with Gasteiger partial charge in [-0.15, -0.1) is 0 Å². The van der Waals surface area contributed by atoms with E-state index < -0.39 is 11.5 Å². The molecule has 1 atom stereocenters. The molecule has 112 valence electrons. The highest BCUT2D eigenvalue weighted by Gasteiger charge is 2.46. The quantitative estimate of drug-likeness (QED) is 0.867. The van der Waals surface area contributed by atoms with Gasteiger partial charge in [0.2, 0.25) is 0 Å². The van der Waals surface area contributed by atoms with Crippen molar-refractivity contribution in [1.82, 2.24) is 14.7 Å². The van der Waals surface area contributed by atoms with Crippen molar-refractivity contribution in [1.29, 1.82) is 0 Å². The molecule has 1 aromatic heterocycles. The van der Waals surface area contributed by atoms with Crippen molar-refractivity contribution in [3.05, 3.63) is 17.5 Å². The number of likely N-dealkylation sites (tertiary alicyclic amines) is 1. The van der Waals surface area contributed by atoms with E-state index in [0.29, 0.717) is 6.54 Å². The molecule has 1 aliphatic rings. The van der Waals surface area contributed by atoms with Gasteiger partial charge in [0.25, 0.3) is 0 Å². The van der Waals surface area contributed by atoms with Crippen LogP contribution in [0.2, 0.25) is 0 Å². The van der Waals surface area contributed by atoms with E-state index >= 15 is 0 Å². The molecule has 5 heteroatoms. The second-order valence-electron chi connectivity index (χ2n) is 5.72. The Morgan fingerprint density at radius 1 is 1.50 bits per heavy atom. The molecule has 0 aliphatic carbocycles. The van der Waals surface area contributed by atoms with Gasteiger partial charge in [0, 0.05) is 13.6 Å². The zero-order valence-electron chi connectivity index (χ0n) is 12.7. The van der Waals surface area contributed by atoms with E-state index in [4.69, 9.17) is 0 Å². The summed E-state index contributed by atoms with van der Waals surface area (Å²) in [7, 11) is 1.94. The lowest BCUT2D eigenvalue weighted by Crippen LogP contribution is -2.50. The van der Waals surface area contributed by atoms with Gasteiger partial charge in [-0.1, -0.05) is 20.3 Å². The van der Waals surface area contributed by atoms with Crippen molar-refractivity contribution < 1.29 is 9.90 Å². The number of nitrogens with zero attached hydrogens (tertiary/aromatic N) is 3. The third-order valence-electron chi connectivity index (χ3n) is 4.43. The predicted molar refractivity (Wildman–Crippen MR) is 77.5 cm³/mol. The first-order chi connectivity index (χ1) is 9.53. The second-order valence-corrected chi connectivity index (χ2v) is 5.72. The molecule has 5 nitrogen and oxygen atoms in total. The van der Waals surface area contributed by atoms with Crippen LogP contribution >= 0.6 is 0 Å². The van der Waals surface area contributed by atoms with Crippen molar-refractivity contribution in [3.8, 4) is 0 Å². The van der Waals surface area contributed by atoms with Crippen LogP contribution in [0, 0.1) is 0 Å². The number of carboxylic acids is 1. The Bertz CT molecular complexity index is 483. The monoisotopic (exact) mass is 279 g/mol. The van der Waals surface area contributed by atoms with Gasteiger partial charge < -0.3 is 5.11 Å². The molecule has 1 N–H and O–H groups in total. The van der Waals surface area contributed by atoms with Crippen LogP contribution in [0.3, 0.4) is 0 Å². The van der Waals surface area contributed by atoms with Gasteiger partial charge in [0.1, 0.15) is 5.54 Å². The topological polar surface area (TPSA) is 58.4 Å². The third-order valence-corrected chi connectivity index (χ3v) is 4.43. The summed E-state index contributed by atoms with van der Waals surface area (Å²) >= 11 is 0. The van der Waals surface area contributed by atoms with Crippen LogP contribution in [0.1, 0.15) is 50.9 Å². The highest BCUT2D eigenvalue weighted by Crippen LogP contribution is 2.35. The summed E-state index contributed by atoms with van der Waals surface area (Å²) < 4.78 is 1.88. The molecule has 1 aliphatic heterocycles. The van der Waals surface area contributed by atoms with Gasteiger partial charge in [-0.2, -0.15) is 5.10 Å². The molecule has 1 aromatic rings. The molecule has 20 heavy (non-hydrogen) atoms. The molecule has 0 radical (unpaired) electrons. The molecule has 0 amide bonds. The van der Waals surface area contributed by atoms with Crippen LogP contribution in [-0.4, -0.2) is 37.8 Å². The van der Waals surface area contributed by atoms with Crippen LogP contribution in [0.15, 0.2) is 6.07 Å². The molecule has 1 unspecified atom stereocenters. The molecule has 0 bridgehead atoms. The van der Waals surface area contributed by atoms with E-state index in [9.17, 15) is 9.90 Å². The second kappa shape index (κ2) is 5.95. The van der Waals surface area contributed by atoms with Crippen LogP contribution < -0.4 is 0 Å². The van der Waals surface area contributed by atoms with Gasteiger partial charge in [-0.05, 0) is 38.3 Å². The van der Waals surface area contributed by atoms with E-state index in [2.05, 4.69) is 29.9 Å². The molecular weight excluding hydrogens is 254 g/mol. The van der Waals surface area contributed by atoms with E-state index in [0.717, 1.165) is 50.0 Å². The molecule has 0 spiro atoms. The van der Waals surface area contributed by atoms with Crippen molar-refractivity contribution in [2.24, 2.45) is 7.05 Å². The van der Waals surface area contributed by atoms with Crippen LogP contribution in [0.5, 0.6) is 0 Å². The summed E-state index contributed by atoms with van der Waals surface area (Å²) in [6.07, 6.45) is 4.25. The maximum atomic E-state index is 11.8. The highest BCUT2D eigenvalue weighted by atomic mass is 16.4. The average Bonchev–Trinajstić information content (AvgIpc) is 2.96. The summed E-state index contributed by atoms with van der Waals surface area (Å²) in [5, 5.41) is 14.2. The summed E-state index contributed by atoms with van der Waals surface area (Å²) in [6.45, 7) is 5.68. The number of aryl methyl sites for hydroxylation is 2. The summed E-state index contributed by atoms with van der Waals surface area (Å²) in [5.74, 6) is -0.672. The Labute approximate surface area is 120 Å². The smallest absolute Gasteiger partial charge is 0.324 e. The van der Waals surface area contributed by atoms with E-state index in [1.54, 1.807) is 0 Å². The Morgan fingerprint density at radius 2 is 2.25 bits per heavy atom. The molecular formula is C15H25N3O2. The maximum Gasteiger partial charge on any atom is 0.324 e. The number of carbonyl (C=O) groups is 1. The number of carboxylic acid groups (broad SMARTS) is 1. The number of hydrogen-bond donors (Lipinski definition) is 1. The van der Waals surface area contributed by atoms with E-state index in [-0.39, 0.29) is 0 Å². The average molecular weight is 279 g/mol. The van der Waals surface area contributed by atoms with Gasteiger partial charge in [0.15, 0.2) is 0 Å². The van der Waals surface area contributed by atoms with Gasteiger partial charge in [-0.3, -0.25) is 14.4 Å². The molecule has 1 fully saturated rings. The SMILES string of the molecule is CCCC1(C(=O)O)CCCN1Cc1cc(CC)nn1C. The zero-order chi connectivity index (χ0) is 14.8. The summed E-state index contributed by atoms with van der Waals surface area (Å²) in [5.41, 5.74) is 1.49. The Balaban J connectivity index is 2.22. The normalized spacial score (nSPS) is 23.4. The van der Waals surface area contributed by atoms with Crippen molar-refractivity contribution in [2.45, 2.75) is 58.0 Å². The fourth-order valence-corrected chi connectivity index (χ4v) is 3.30. The van der Waals surface area contributed by atoms with Crippen LogP contribution in [0.25, 0.3) is 0 Å². The molecule has 2 rings (SSSR count). The minimum absolute atomic E-state index is 0.672. The Morgan fingerprint density at radius 3 is 2.80 bits per heavy atom. The number of hydrogen-bond acceptors (Lipinski definition) is 3. The Hall–Kier alpha value is -1.36. The number of rotatable bonds is 6. The minimum Gasteiger partial charge on any atom is -0.480 e. The van der Waals surface area contributed by atoms with Crippen molar-refractivity contribution >= 4 is 5.97 Å². The van der Waals surface area contributed by atoms with Crippen LogP contribution in [-0.2, 0) is 24.8 Å². The van der Waals surface area contributed by atoms with Crippen molar-refractivity contribution in [2.75, 3.05) is 6.54 Å². The van der Waals surface area contributed by atoms with E-state index in [1.807, 2.05) is 11.7 Å². The number of aromatic nitrogens is 2. The first-order valence-electron chi connectivity index (χ1n) is 7.53. The summed E-state index contributed by atoms with van der Waals surface area (Å²) in [4.78, 5) is 13.9. The fourth-order valence-electron chi connectivity index (χ4n) is 3.30. The molecule has 0 aromatic carbocycles. The number of aliphatic carboxylic acids is 1. The lowest BCUT2D eigenvalue weighted by molar-refractivity contribution is -0.150. The predicted octanol–water partition coefficient (Wildman–Crippen LogP) is 2.20. The van der Waals surface area contributed by atoms with Gasteiger partial charge in [0.05, 0.1) is 11.4 Å². The standard InChI is InChI=1S/C15H25N3O2/c1-4-7-15(14(19)20)8-6-9-18(15)11-13-10-12(5-2)16-17(13)3/h10H,4-9,11H2,1-3H3,(H,19,20).